The summed E-state index contributed by atoms with van der Waals surface area (Å²) in [4.78, 5) is 0. The monoisotopic (exact) mass is 212 g/mol. The minimum absolute atomic E-state index is 0. The number of hydrogen-bond donors (Lipinski definition) is 0. The molecule has 0 bridgehead atoms. The van der Waals surface area contributed by atoms with Crippen molar-refractivity contribution in [2.24, 2.45) is 0 Å². The summed E-state index contributed by atoms with van der Waals surface area (Å²) in [7, 11) is 0. The fraction of sp³-hybridized carbons (Fsp3) is 0.143. The van der Waals surface area contributed by atoms with Gasteiger partial charge in [0, 0.05) is 0 Å². The van der Waals surface area contributed by atoms with Crippen molar-refractivity contribution in [3.05, 3.63) is 35.9 Å². The first-order valence-corrected chi connectivity index (χ1v) is 2.41. The van der Waals surface area contributed by atoms with E-state index < -0.39 is 0 Å². The van der Waals surface area contributed by atoms with Crippen molar-refractivity contribution in [3.8, 4) is 0 Å². The molecule has 0 heterocycles. The molecule has 1 aromatic carbocycles. The Labute approximate surface area is 191 Å². The summed E-state index contributed by atoms with van der Waals surface area (Å²) in [5, 5.41) is 0. The van der Waals surface area contributed by atoms with Crippen molar-refractivity contribution in [2.75, 3.05) is 0 Å². The van der Waals surface area contributed by atoms with Gasteiger partial charge in [0.25, 0.3) is 0 Å². The Balaban J connectivity index is -0.000000163. The van der Waals surface area contributed by atoms with E-state index in [0.29, 0.717) is 0 Å². The molecule has 3 heteroatoms. The number of hydrogen-bond acceptors (Lipinski definition) is 0. The third-order valence-corrected chi connectivity index (χ3v) is 0.940. The summed E-state index contributed by atoms with van der Waals surface area (Å²) in [6.07, 6.45) is 0. The summed E-state index contributed by atoms with van der Waals surface area (Å²) >= 11 is 0. The third kappa shape index (κ3) is 10.2. The number of rotatable bonds is 0. The molecule has 42 valence electrons. The van der Waals surface area contributed by atoms with Crippen LogP contribution in [0.25, 0.3) is 0 Å². The second-order valence-corrected chi connectivity index (χ2v) is 1.65. The van der Waals surface area contributed by atoms with Crippen molar-refractivity contribution in [1.29, 1.82) is 0 Å². The normalized spacial score (nSPS) is 6.10. The zero-order chi connectivity index (χ0) is 5.11. The molecule has 0 fully saturated rings. The van der Waals surface area contributed by atoms with E-state index in [0.717, 1.165) is 0 Å². The van der Waals surface area contributed by atoms with Gasteiger partial charge in [0.2, 0.25) is 0 Å². The van der Waals surface area contributed by atoms with Crippen LogP contribution in [0.4, 0.5) is 0 Å². The molecule has 0 nitrogen and oxygen atoms in total. The predicted octanol–water partition coefficient (Wildman–Crippen LogP) is 0.0495. The van der Waals surface area contributed by atoms with Crippen LogP contribution >= 0.6 is 0 Å². The molecule has 0 N–H and O–H groups in total. The van der Waals surface area contributed by atoms with Gasteiger partial charge in [0.15, 0.2) is 0 Å². The fourth-order valence-electron chi connectivity index (χ4n) is 0.534. The quantitative estimate of drug-likeness (QED) is 0.533. The van der Waals surface area contributed by atoms with Gasteiger partial charge in [-0.25, -0.2) is 0 Å². The minimum atomic E-state index is 0. The van der Waals surface area contributed by atoms with Gasteiger partial charge in [-0.3, -0.25) is 0 Å². The molecule has 0 aromatic heterocycles. The van der Waals surface area contributed by atoms with Gasteiger partial charge < -0.3 is 0 Å². The Hall–Kier alpha value is 4.13. The zero-order valence-electron chi connectivity index (χ0n) is 4.39. The molecule has 1 aromatic rings. The van der Waals surface area contributed by atoms with E-state index in [2.05, 4.69) is 19.1 Å². The summed E-state index contributed by atoms with van der Waals surface area (Å²) in [6.45, 7) is 2.08. The summed E-state index contributed by atoms with van der Waals surface area (Å²) in [6, 6.07) is 10.3. The first kappa shape index (κ1) is 19.7. The SMILES string of the molecule is Cc1ccccc1.[KH].[KH].[KH]. The molecule has 0 spiro atoms. The molecule has 0 radical (unpaired) electrons. The molecule has 1 rings (SSSR count). The molecule has 0 unspecified atom stereocenters. The topological polar surface area (TPSA) is 0 Å². The molecule has 0 saturated heterocycles. The maximum absolute atomic E-state index is 2.08. The van der Waals surface area contributed by atoms with Crippen LogP contribution in [-0.4, -0.2) is 154 Å². The van der Waals surface area contributed by atoms with Crippen LogP contribution in [0.2, 0.25) is 0 Å². The standard InChI is InChI=1S/C7H8.3K.3H/c1-7-5-3-2-4-6-7;;;;;;/h2-6H,1H3;;;;;;. The summed E-state index contributed by atoms with van der Waals surface area (Å²) in [5.74, 6) is 0. The average molecular weight is 212 g/mol. The van der Waals surface area contributed by atoms with Crippen molar-refractivity contribution in [2.45, 2.75) is 6.92 Å². The molecule has 0 aliphatic rings. The first-order chi connectivity index (χ1) is 3.39. The van der Waals surface area contributed by atoms with Crippen LogP contribution in [-0.2, 0) is 0 Å². The van der Waals surface area contributed by atoms with Gasteiger partial charge in [-0.1, -0.05) is 35.9 Å². The van der Waals surface area contributed by atoms with Crippen LogP contribution in [0.5, 0.6) is 0 Å². The van der Waals surface area contributed by atoms with E-state index in [1.807, 2.05) is 18.2 Å². The molecule has 10 heavy (non-hydrogen) atoms. The van der Waals surface area contributed by atoms with Gasteiger partial charge in [0.1, 0.15) is 0 Å². The molecular formula is C7H11K3. The van der Waals surface area contributed by atoms with Crippen molar-refractivity contribution < 1.29 is 0 Å². The Morgan fingerprint density at radius 2 is 1.20 bits per heavy atom. The Morgan fingerprint density at radius 1 is 0.800 bits per heavy atom. The van der Waals surface area contributed by atoms with Crippen LogP contribution < -0.4 is 0 Å². The number of aryl methyl sites for hydroxylation is 1. The first-order valence-electron chi connectivity index (χ1n) is 2.41. The molecule has 0 saturated carbocycles. The van der Waals surface area contributed by atoms with E-state index >= 15 is 0 Å². The van der Waals surface area contributed by atoms with Crippen molar-refractivity contribution in [1.82, 2.24) is 0 Å². The maximum atomic E-state index is 2.08. The fourth-order valence-corrected chi connectivity index (χ4v) is 0.534. The second kappa shape index (κ2) is 13.1. The van der Waals surface area contributed by atoms with Gasteiger partial charge in [-0.15, -0.1) is 0 Å². The average Bonchev–Trinajstić information content (AvgIpc) is 1.69. The van der Waals surface area contributed by atoms with Gasteiger partial charge in [-0.2, -0.15) is 0 Å². The Bertz CT molecular complexity index is 139. The van der Waals surface area contributed by atoms with Gasteiger partial charge in [-0.05, 0) is 6.92 Å². The molecular weight excluding hydrogens is 201 g/mol. The van der Waals surface area contributed by atoms with Crippen LogP contribution in [0.1, 0.15) is 5.56 Å². The van der Waals surface area contributed by atoms with E-state index in [9.17, 15) is 0 Å². The van der Waals surface area contributed by atoms with Crippen LogP contribution in [0.15, 0.2) is 30.3 Å². The van der Waals surface area contributed by atoms with E-state index in [1.165, 1.54) is 5.56 Å². The molecule has 0 amide bonds. The number of benzene rings is 1. The van der Waals surface area contributed by atoms with Gasteiger partial charge in [0.05, 0.1) is 0 Å². The van der Waals surface area contributed by atoms with E-state index in [-0.39, 0.29) is 154 Å². The Kier molecular flexibility index (Phi) is 25.8. The molecule has 0 aliphatic heterocycles. The van der Waals surface area contributed by atoms with Crippen molar-refractivity contribution in [3.63, 3.8) is 0 Å². The van der Waals surface area contributed by atoms with Crippen LogP contribution in [0, 0.1) is 6.92 Å². The predicted molar refractivity (Wildman–Crippen MR) is 52.6 cm³/mol. The third-order valence-electron chi connectivity index (χ3n) is 0.940. The molecule has 0 atom stereocenters. The zero-order valence-corrected chi connectivity index (χ0v) is 4.39. The van der Waals surface area contributed by atoms with E-state index in [1.54, 1.807) is 0 Å². The van der Waals surface area contributed by atoms with E-state index in [4.69, 9.17) is 0 Å². The molecule has 0 aliphatic carbocycles. The second-order valence-electron chi connectivity index (χ2n) is 1.65. The summed E-state index contributed by atoms with van der Waals surface area (Å²) in [5.41, 5.74) is 1.32. The van der Waals surface area contributed by atoms with Gasteiger partial charge >= 0.3 is 154 Å². The Morgan fingerprint density at radius 3 is 1.40 bits per heavy atom. The summed E-state index contributed by atoms with van der Waals surface area (Å²) < 4.78 is 0. The van der Waals surface area contributed by atoms with Crippen LogP contribution in [0.3, 0.4) is 0 Å². The van der Waals surface area contributed by atoms with Crippen molar-refractivity contribution >= 4 is 154 Å².